The van der Waals surface area contributed by atoms with Gasteiger partial charge in [0.05, 0.1) is 0 Å². The van der Waals surface area contributed by atoms with E-state index in [1.165, 1.54) is 32.1 Å². The molecule has 2 aliphatic carbocycles. The molecule has 2 fully saturated rings. The molecule has 0 N–H and O–H groups in total. The van der Waals surface area contributed by atoms with Crippen LogP contribution in [0.15, 0.2) is 0 Å². The maximum absolute atomic E-state index is 12.1. The van der Waals surface area contributed by atoms with Gasteiger partial charge in [-0.2, -0.15) is 0 Å². The lowest BCUT2D eigenvalue weighted by molar-refractivity contribution is -0.135. The first-order valence-electron chi connectivity index (χ1n) is 6.19. The van der Waals surface area contributed by atoms with Crippen LogP contribution in [-0.4, -0.2) is 28.7 Å². The van der Waals surface area contributed by atoms with Crippen molar-refractivity contribution in [1.82, 2.24) is 4.90 Å². The Morgan fingerprint density at radius 3 is 2.33 bits per heavy atom. The molecular weight excluding hydrogens is 254 g/mol. The first-order chi connectivity index (χ1) is 7.33. The Morgan fingerprint density at radius 1 is 1.13 bits per heavy atom. The van der Waals surface area contributed by atoms with E-state index in [1.807, 2.05) is 0 Å². The molecule has 86 valence electrons. The maximum atomic E-state index is 12.1. The molecule has 0 unspecified atom stereocenters. The van der Waals surface area contributed by atoms with E-state index in [-0.39, 0.29) is 0 Å². The Labute approximate surface area is 101 Å². The summed E-state index contributed by atoms with van der Waals surface area (Å²) in [6.07, 6.45) is 8.69. The van der Waals surface area contributed by atoms with E-state index in [4.69, 9.17) is 0 Å². The highest BCUT2D eigenvalue weighted by Gasteiger charge is 2.36. The number of alkyl halides is 1. The molecule has 1 amide bonds. The zero-order chi connectivity index (χ0) is 10.7. The van der Waals surface area contributed by atoms with Crippen molar-refractivity contribution in [2.75, 3.05) is 11.9 Å². The van der Waals surface area contributed by atoms with Crippen LogP contribution in [-0.2, 0) is 4.79 Å². The SMILES string of the molecule is O=C(C1CC1)N(CCBr)C1CCCCC1. The molecule has 2 rings (SSSR count). The molecule has 2 aliphatic rings. The highest BCUT2D eigenvalue weighted by Crippen LogP contribution is 2.33. The van der Waals surface area contributed by atoms with Crippen LogP contribution < -0.4 is 0 Å². The first kappa shape index (κ1) is 11.4. The lowest BCUT2D eigenvalue weighted by Gasteiger charge is -2.34. The second-order valence-electron chi connectivity index (χ2n) is 4.79. The summed E-state index contributed by atoms with van der Waals surface area (Å²) < 4.78 is 0. The Hall–Kier alpha value is -0.0500. The number of amides is 1. The van der Waals surface area contributed by atoms with E-state index >= 15 is 0 Å². The molecule has 0 aromatic carbocycles. The fraction of sp³-hybridized carbons (Fsp3) is 0.917. The van der Waals surface area contributed by atoms with Gasteiger partial charge >= 0.3 is 0 Å². The number of rotatable bonds is 4. The zero-order valence-corrected chi connectivity index (χ0v) is 10.8. The first-order valence-corrected chi connectivity index (χ1v) is 7.31. The van der Waals surface area contributed by atoms with E-state index in [2.05, 4.69) is 20.8 Å². The number of halogens is 1. The average molecular weight is 274 g/mol. The van der Waals surface area contributed by atoms with Gasteiger partial charge in [0.25, 0.3) is 0 Å². The molecule has 0 aromatic heterocycles. The highest BCUT2D eigenvalue weighted by molar-refractivity contribution is 9.09. The van der Waals surface area contributed by atoms with Gasteiger partial charge in [0.2, 0.25) is 5.91 Å². The van der Waals surface area contributed by atoms with Gasteiger partial charge in [-0.1, -0.05) is 35.2 Å². The molecule has 3 heteroatoms. The van der Waals surface area contributed by atoms with Gasteiger partial charge in [-0.05, 0) is 25.7 Å². The molecule has 2 nitrogen and oxygen atoms in total. The van der Waals surface area contributed by atoms with Gasteiger partial charge in [-0.3, -0.25) is 4.79 Å². The highest BCUT2D eigenvalue weighted by atomic mass is 79.9. The Kier molecular flexibility index (Phi) is 4.06. The minimum Gasteiger partial charge on any atom is -0.339 e. The molecule has 15 heavy (non-hydrogen) atoms. The molecular formula is C12H20BrNO. The zero-order valence-electron chi connectivity index (χ0n) is 9.25. The third kappa shape index (κ3) is 2.96. The normalized spacial score (nSPS) is 22.7. The summed E-state index contributed by atoms with van der Waals surface area (Å²) in [7, 11) is 0. The minimum absolute atomic E-state index is 0.381. The summed E-state index contributed by atoms with van der Waals surface area (Å²) in [5.41, 5.74) is 0. The molecule has 0 aliphatic heterocycles. The standard InChI is InChI=1S/C12H20BrNO/c13-8-9-14(12(15)10-6-7-10)11-4-2-1-3-5-11/h10-11H,1-9H2. The summed E-state index contributed by atoms with van der Waals surface area (Å²) in [5.74, 6) is 0.812. The predicted molar refractivity (Wildman–Crippen MR) is 65.1 cm³/mol. The Balaban J connectivity index is 1.93. The molecule has 0 atom stereocenters. The number of carbonyl (C=O) groups is 1. The summed E-state index contributed by atoms with van der Waals surface area (Å²) in [5, 5.41) is 0.919. The van der Waals surface area contributed by atoms with Crippen molar-refractivity contribution in [1.29, 1.82) is 0 Å². The summed E-state index contributed by atoms with van der Waals surface area (Å²) >= 11 is 3.46. The van der Waals surface area contributed by atoms with Crippen molar-refractivity contribution >= 4 is 21.8 Å². The van der Waals surface area contributed by atoms with E-state index in [0.29, 0.717) is 17.9 Å². The Bertz CT molecular complexity index is 222. The van der Waals surface area contributed by atoms with Gasteiger partial charge < -0.3 is 4.90 Å². The smallest absolute Gasteiger partial charge is 0.225 e. The molecule has 0 spiro atoms. The van der Waals surface area contributed by atoms with Crippen LogP contribution in [0.3, 0.4) is 0 Å². The van der Waals surface area contributed by atoms with Crippen LogP contribution in [0.5, 0.6) is 0 Å². The predicted octanol–water partition coefficient (Wildman–Crippen LogP) is 2.95. The number of carbonyl (C=O) groups excluding carboxylic acids is 1. The van der Waals surface area contributed by atoms with Gasteiger partial charge in [0, 0.05) is 23.8 Å². The molecule has 0 radical (unpaired) electrons. The van der Waals surface area contributed by atoms with Crippen molar-refractivity contribution in [3.05, 3.63) is 0 Å². The minimum atomic E-state index is 0.381. The largest absolute Gasteiger partial charge is 0.339 e. The van der Waals surface area contributed by atoms with Crippen LogP contribution in [0, 0.1) is 5.92 Å². The molecule has 0 saturated heterocycles. The topological polar surface area (TPSA) is 20.3 Å². The van der Waals surface area contributed by atoms with Crippen molar-refractivity contribution in [3.63, 3.8) is 0 Å². The van der Waals surface area contributed by atoms with E-state index in [1.54, 1.807) is 0 Å². The fourth-order valence-electron chi connectivity index (χ4n) is 2.52. The summed E-state index contributed by atoms with van der Waals surface area (Å²) in [6, 6.07) is 0.546. The fourth-order valence-corrected chi connectivity index (χ4v) is 2.90. The van der Waals surface area contributed by atoms with Crippen LogP contribution in [0.2, 0.25) is 0 Å². The molecule has 0 heterocycles. The third-order valence-electron chi connectivity index (χ3n) is 3.55. The van der Waals surface area contributed by atoms with Crippen molar-refractivity contribution in [2.24, 2.45) is 5.92 Å². The number of hydrogen-bond acceptors (Lipinski definition) is 1. The van der Waals surface area contributed by atoms with Crippen molar-refractivity contribution in [2.45, 2.75) is 51.0 Å². The van der Waals surface area contributed by atoms with Gasteiger partial charge in [-0.25, -0.2) is 0 Å². The molecule has 0 aromatic rings. The molecule has 2 saturated carbocycles. The monoisotopic (exact) mass is 273 g/mol. The average Bonchev–Trinajstić information content (AvgIpc) is 3.10. The van der Waals surface area contributed by atoms with Crippen LogP contribution in [0.25, 0.3) is 0 Å². The lowest BCUT2D eigenvalue weighted by atomic mass is 9.94. The summed E-state index contributed by atoms with van der Waals surface area (Å²) in [4.78, 5) is 14.3. The van der Waals surface area contributed by atoms with E-state index < -0.39 is 0 Å². The van der Waals surface area contributed by atoms with Crippen molar-refractivity contribution in [3.8, 4) is 0 Å². The lowest BCUT2D eigenvalue weighted by Crippen LogP contribution is -2.43. The van der Waals surface area contributed by atoms with Crippen molar-refractivity contribution < 1.29 is 4.79 Å². The summed E-state index contributed by atoms with van der Waals surface area (Å²) in [6.45, 7) is 0.903. The van der Waals surface area contributed by atoms with Crippen LogP contribution >= 0.6 is 15.9 Å². The van der Waals surface area contributed by atoms with E-state index in [0.717, 1.165) is 24.7 Å². The van der Waals surface area contributed by atoms with Gasteiger partial charge in [0.15, 0.2) is 0 Å². The van der Waals surface area contributed by atoms with Gasteiger partial charge in [0.1, 0.15) is 0 Å². The second-order valence-corrected chi connectivity index (χ2v) is 5.58. The van der Waals surface area contributed by atoms with E-state index in [9.17, 15) is 4.79 Å². The molecule has 0 bridgehead atoms. The van der Waals surface area contributed by atoms with Crippen LogP contribution in [0.4, 0.5) is 0 Å². The number of hydrogen-bond donors (Lipinski definition) is 0. The van der Waals surface area contributed by atoms with Gasteiger partial charge in [-0.15, -0.1) is 0 Å². The Morgan fingerprint density at radius 2 is 1.80 bits per heavy atom. The second kappa shape index (κ2) is 5.33. The maximum Gasteiger partial charge on any atom is 0.225 e. The number of nitrogens with zero attached hydrogens (tertiary/aromatic N) is 1. The quantitative estimate of drug-likeness (QED) is 0.722. The van der Waals surface area contributed by atoms with Crippen LogP contribution in [0.1, 0.15) is 44.9 Å². The third-order valence-corrected chi connectivity index (χ3v) is 3.91.